The van der Waals surface area contributed by atoms with Gasteiger partial charge in [0.25, 0.3) is 0 Å². The number of nitriles is 1. The Hall–Kier alpha value is -1.34. The van der Waals surface area contributed by atoms with E-state index in [2.05, 4.69) is 28.7 Å². The molecule has 2 heteroatoms. The lowest BCUT2D eigenvalue weighted by atomic mass is 10.0. The lowest BCUT2D eigenvalue weighted by Gasteiger charge is -2.05. The minimum atomic E-state index is 0.754. The Bertz CT molecular complexity index is 512. The van der Waals surface area contributed by atoms with Crippen molar-refractivity contribution in [3.05, 3.63) is 57.7 Å². The number of hydrogen-bond acceptors (Lipinski definition) is 1. The maximum absolute atomic E-state index is 9.11. The molecule has 72 valence electrons. The van der Waals surface area contributed by atoms with E-state index < -0.39 is 0 Å². The molecule has 1 nitrogen and oxygen atoms in total. The van der Waals surface area contributed by atoms with E-state index in [-0.39, 0.29) is 0 Å². The second-order valence-corrected chi connectivity index (χ2v) is 4.30. The van der Waals surface area contributed by atoms with Crippen LogP contribution in [0.3, 0.4) is 0 Å². The van der Waals surface area contributed by atoms with Crippen molar-refractivity contribution < 1.29 is 0 Å². The van der Waals surface area contributed by atoms with E-state index in [1.807, 2.05) is 48.5 Å². The number of nitrogens with zero attached hydrogens (tertiary/aromatic N) is 1. The molecule has 0 spiro atoms. The first-order valence-corrected chi connectivity index (χ1v) is 5.65. The number of halogens is 1. The van der Waals surface area contributed by atoms with Crippen molar-refractivity contribution in [1.29, 1.82) is 5.26 Å². The maximum Gasteiger partial charge on any atom is 0.101 e. The molecule has 0 aliphatic carbocycles. The summed E-state index contributed by atoms with van der Waals surface area (Å²) in [6, 6.07) is 18.1. The van der Waals surface area contributed by atoms with Gasteiger partial charge in [0.05, 0.1) is 5.56 Å². The van der Waals surface area contributed by atoms with Gasteiger partial charge in [0.15, 0.2) is 0 Å². The van der Waals surface area contributed by atoms with Gasteiger partial charge >= 0.3 is 0 Å². The Kier molecular flexibility index (Phi) is 3.02. The van der Waals surface area contributed by atoms with Crippen LogP contribution in [0.5, 0.6) is 0 Å². The van der Waals surface area contributed by atoms with Gasteiger partial charge in [0.2, 0.25) is 0 Å². The van der Waals surface area contributed by atoms with Crippen LogP contribution >= 0.6 is 22.6 Å². The van der Waals surface area contributed by atoms with Crippen LogP contribution in [0.2, 0.25) is 0 Å². The normalized spacial score (nSPS) is 9.60. The topological polar surface area (TPSA) is 23.8 Å². The third kappa shape index (κ3) is 2.02. The molecule has 0 bridgehead atoms. The third-order valence-corrected chi connectivity index (χ3v) is 3.11. The van der Waals surface area contributed by atoms with Crippen molar-refractivity contribution in [3.63, 3.8) is 0 Å². The van der Waals surface area contributed by atoms with Crippen molar-refractivity contribution in [2.24, 2.45) is 0 Å². The van der Waals surface area contributed by atoms with E-state index in [1.165, 1.54) is 0 Å². The zero-order valence-corrected chi connectivity index (χ0v) is 10.1. The highest BCUT2D eigenvalue weighted by Crippen LogP contribution is 2.26. The molecule has 0 atom stereocenters. The average molecular weight is 305 g/mol. The molecule has 0 amide bonds. The molecule has 0 fully saturated rings. The molecule has 0 saturated carbocycles. The number of rotatable bonds is 1. The quantitative estimate of drug-likeness (QED) is 0.735. The summed E-state index contributed by atoms with van der Waals surface area (Å²) in [5, 5.41) is 9.11. The number of benzene rings is 2. The van der Waals surface area contributed by atoms with E-state index in [4.69, 9.17) is 5.26 Å². The standard InChI is InChI=1S/C13H8IN/c14-13-8-4-7-11(12(13)9-15)10-5-2-1-3-6-10/h1-8H. The zero-order valence-electron chi connectivity index (χ0n) is 7.94. The van der Waals surface area contributed by atoms with Crippen LogP contribution < -0.4 is 0 Å². The van der Waals surface area contributed by atoms with Crippen LogP contribution in [0.4, 0.5) is 0 Å². The summed E-state index contributed by atoms with van der Waals surface area (Å²) in [7, 11) is 0. The van der Waals surface area contributed by atoms with Gasteiger partial charge in [0.1, 0.15) is 6.07 Å². The van der Waals surface area contributed by atoms with Crippen LogP contribution in [-0.2, 0) is 0 Å². The Morgan fingerprint density at radius 2 is 1.67 bits per heavy atom. The van der Waals surface area contributed by atoms with Gasteiger partial charge in [0, 0.05) is 9.13 Å². The summed E-state index contributed by atoms with van der Waals surface area (Å²) in [4.78, 5) is 0. The van der Waals surface area contributed by atoms with Gasteiger partial charge in [-0.1, -0.05) is 42.5 Å². The highest BCUT2D eigenvalue weighted by atomic mass is 127. The van der Waals surface area contributed by atoms with E-state index in [1.54, 1.807) is 0 Å². The largest absolute Gasteiger partial charge is 0.192 e. The van der Waals surface area contributed by atoms with Crippen molar-refractivity contribution >= 4 is 22.6 Å². The second-order valence-electron chi connectivity index (χ2n) is 3.14. The lowest BCUT2D eigenvalue weighted by Crippen LogP contribution is -1.87. The van der Waals surface area contributed by atoms with E-state index in [9.17, 15) is 0 Å². The molecule has 0 aromatic heterocycles. The molecule has 2 aromatic carbocycles. The van der Waals surface area contributed by atoms with Crippen molar-refractivity contribution in [1.82, 2.24) is 0 Å². The van der Waals surface area contributed by atoms with E-state index in [0.29, 0.717) is 0 Å². The fourth-order valence-corrected chi connectivity index (χ4v) is 2.11. The summed E-state index contributed by atoms with van der Waals surface area (Å²) < 4.78 is 0.997. The summed E-state index contributed by atoms with van der Waals surface area (Å²) in [5.41, 5.74) is 2.85. The Morgan fingerprint density at radius 3 is 2.33 bits per heavy atom. The highest BCUT2D eigenvalue weighted by Gasteiger charge is 2.06. The molecule has 0 heterocycles. The predicted octanol–water partition coefficient (Wildman–Crippen LogP) is 3.83. The molecule has 2 aromatic rings. The molecule has 0 radical (unpaired) electrons. The van der Waals surface area contributed by atoms with Gasteiger partial charge in [-0.2, -0.15) is 5.26 Å². The van der Waals surface area contributed by atoms with Gasteiger partial charge in [-0.25, -0.2) is 0 Å². The van der Waals surface area contributed by atoms with E-state index in [0.717, 1.165) is 20.3 Å². The van der Waals surface area contributed by atoms with Crippen LogP contribution in [0.25, 0.3) is 11.1 Å². The SMILES string of the molecule is N#Cc1c(I)cccc1-c1ccccc1. The minimum Gasteiger partial charge on any atom is -0.192 e. The molecule has 0 unspecified atom stereocenters. The van der Waals surface area contributed by atoms with Crippen LogP contribution in [0, 0.1) is 14.9 Å². The molecule has 15 heavy (non-hydrogen) atoms. The number of hydrogen-bond donors (Lipinski definition) is 0. The second kappa shape index (κ2) is 4.45. The molecular weight excluding hydrogens is 297 g/mol. The maximum atomic E-state index is 9.11. The predicted molar refractivity (Wildman–Crippen MR) is 69.3 cm³/mol. The smallest absolute Gasteiger partial charge is 0.101 e. The molecule has 0 aliphatic heterocycles. The summed E-state index contributed by atoms with van der Waals surface area (Å²) >= 11 is 2.19. The van der Waals surface area contributed by atoms with Gasteiger partial charge in [-0.15, -0.1) is 0 Å². The summed E-state index contributed by atoms with van der Waals surface area (Å²) in [6.45, 7) is 0. The fraction of sp³-hybridized carbons (Fsp3) is 0. The van der Waals surface area contributed by atoms with Crippen LogP contribution in [0.15, 0.2) is 48.5 Å². The highest BCUT2D eigenvalue weighted by molar-refractivity contribution is 14.1. The first kappa shape index (κ1) is 10.2. The lowest BCUT2D eigenvalue weighted by molar-refractivity contribution is 1.46. The first-order valence-electron chi connectivity index (χ1n) is 4.57. The Morgan fingerprint density at radius 1 is 0.933 bits per heavy atom. The average Bonchev–Trinajstić information content (AvgIpc) is 2.30. The van der Waals surface area contributed by atoms with Crippen molar-refractivity contribution in [2.75, 3.05) is 0 Å². The van der Waals surface area contributed by atoms with Crippen LogP contribution in [0.1, 0.15) is 5.56 Å². The van der Waals surface area contributed by atoms with E-state index >= 15 is 0 Å². The molecular formula is C13H8IN. The Balaban J connectivity index is 2.65. The summed E-state index contributed by atoms with van der Waals surface area (Å²) in [6.07, 6.45) is 0. The minimum absolute atomic E-state index is 0.754. The molecule has 0 saturated heterocycles. The first-order chi connectivity index (χ1) is 7.33. The van der Waals surface area contributed by atoms with Crippen molar-refractivity contribution in [3.8, 4) is 17.2 Å². The molecule has 2 rings (SSSR count). The fourth-order valence-electron chi connectivity index (χ4n) is 1.50. The summed E-state index contributed by atoms with van der Waals surface area (Å²) in [5.74, 6) is 0. The zero-order chi connectivity index (χ0) is 10.7. The van der Waals surface area contributed by atoms with Gasteiger partial charge < -0.3 is 0 Å². The molecule has 0 aliphatic rings. The van der Waals surface area contributed by atoms with Crippen LogP contribution in [-0.4, -0.2) is 0 Å². The van der Waals surface area contributed by atoms with Crippen molar-refractivity contribution in [2.45, 2.75) is 0 Å². The Labute approximate surface area is 103 Å². The monoisotopic (exact) mass is 305 g/mol. The van der Waals surface area contributed by atoms with Gasteiger partial charge in [-0.05, 0) is 34.2 Å². The molecule has 0 N–H and O–H groups in total. The third-order valence-electron chi connectivity index (χ3n) is 2.21. The van der Waals surface area contributed by atoms with Gasteiger partial charge in [-0.3, -0.25) is 0 Å².